The monoisotopic (exact) mass is 438 g/mol. The maximum Gasteiger partial charge on any atom is 0.412 e. The van der Waals surface area contributed by atoms with Crippen molar-refractivity contribution in [1.82, 2.24) is 14.9 Å². The van der Waals surface area contributed by atoms with E-state index in [0.29, 0.717) is 34.7 Å². The lowest BCUT2D eigenvalue weighted by Gasteiger charge is -2.24. The van der Waals surface area contributed by atoms with Crippen LogP contribution in [0.25, 0.3) is 11.0 Å². The van der Waals surface area contributed by atoms with Crippen molar-refractivity contribution in [3.05, 3.63) is 59.7 Å². The smallest absolute Gasteiger partial charge is 0.412 e. The van der Waals surface area contributed by atoms with Gasteiger partial charge < -0.3 is 14.6 Å². The third kappa shape index (κ3) is 4.90. The molecule has 2 amide bonds. The number of benzene rings is 2. The van der Waals surface area contributed by atoms with Gasteiger partial charge in [0, 0.05) is 12.2 Å². The fourth-order valence-corrected chi connectivity index (χ4v) is 3.98. The first-order valence-electron chi connectivity index (χ1n) is 10.7. The number of fused-ring (bicyclic) bond motifs is 1. The van der Waals surface area contributed by atoms with Crippen LogP contribution < -0.4 is 5.32 Å². The average Bonchev–Trinajstić information content (AvgIpc) is 3.34. The Morgan fingerprint density at radius 2 is 2.03 bits per heavy atom. The van der Waals surface area contributed by atoms with Crippen LogP contribution in [-0.4, -0.2) is 39.0 Å². The second-order valence-electron chi connectivity index (χ2n) is 8.99. The number of anilines is 1. The highest BCUT2D eigenvalue weighted by Gasteiger charge is 2.32. The van der Waals surface area contributed by atoms with Crippen molar-refractivity contribution in [2.24, 2.45) is 0 Å². The summed E-state index contributed by atoms with van der Waals surface area (Å²) in [4.78, 5) is 35.0. The van der Waals surface area contributed by atoms with Crippen LogP contribution in [0.5, 0.6) is 0 Å². The van der Waals surface area contributed by atoms with Crippen LogP contribution in [0.3, 0.4) is 0 Å². The molecule has 0 spiro atoms. The maximum atomic E-state index is 13.5. The van der Waals surface area contributed by atoms with E-state index in [1.807, 2.05) is 12.1 Å². The number of nitrogens with one attached hydrogen (secondary N) is 2. The highest BCUT2D eigenvalue weighted by Crippen LogP contribution is 2.32. The number of hydrogen-bond acceptors (Lipinski definition) is 4. The van der Waals surface area contributed by atoms with Crippen LogP contribution >= 0.6 is 0 Å². The summed E-state index contributed by atoms with van der Waals surface area (Å²) in [5.74, 6) is 0.273. The van der Waals surface area contributed by atoms with Gasteiger partial charge in [-0.25, -0.2) is 14.2 Å². The molecule has 1 saturated heterocycles. The first-order chi connectivity index (χ1) is 15.2. The highest BCUT2D eigenvalue weighted by molar-refractivity contribution is 5.88. The molecule has 168 valence electrons. The molecular weight excluding hydrogens is 411 g/mol. The molecule has 1 unspecified atom stereocenters. The number of imidazole rings is 1. The molecule has 1 atom stereocenters. The van der Waals surface area contributed by atoms with Crippen molar-refractivity contribution >= 4 is 28.7 Å². The summed E-state index contributed by atoms with van der Waals surface area (Å²) in [6.07, 6.45) is 1.22. The molecule has 4 rings (SSSR count). The normalized spacial score (nSPS) is 16.4. The molecule has 1 fully saturated rings. The number of amides is 2. The zero-order valence-corrected chi connectivity index (χ0v) is 18.4. The number of para-hydroxylation sites is 1. The summed E-state index contributed by atoms with van der Waals surface area (Å²) in [7, 11) is 0. The summed E-state index contributed by atoms with van der Waals surface area (Å²) in [5, 5.41) is 2.74. The number of H-pyrrole nitrogens is 1. The number of ether oxygens (including phenoxy) is 1. The lowest BCUT2D eigenvalue weighted by molar-refractivity contribution is -0.131. The molecule has 1 aliphatic rings. The van der Waals surface area contributed by atoms with Crippen molar-refractivity contribution < 1.29 is 18.7 Å². The minimum absolute atomic E-state index is 0.0578. The summed E-state index contributed by atoms with van der Waals surface area (Å²) in [6, 6.07) is 11.4. The van der Waals surface area contributed by atoms with E-state index in [1.54, 1.807) is 43.9 Å². The number of likely N-dealkylation sites (tertiary alicyclic amines) is 1. The van der Waals surface area contributed by atoms with Gasteiger partial charge in [0.2, 0.25) is 5.91 Å². The zero-order chi connectivity index (χ0) is 22.9. The number of carbonyl (C=O) groups is 2. The molecule has 7 nitrogen and oxygen atoms in total. The van der Waals surface area contributed by atoms with E-state index >= 15 is 0 Å². The third-order valence-electron chi connectivity index (χ3n) is 5.35. The topological polar surface area (TPSA) is 87.3 Å². The van der Waals surface area contributed by atoms with Gasteiger partial charge in [0.1, 0.15) is 17.2 Å². The standard InChI is InChI=1S/C24H27FN4O3/c1-24(2,3)32-23(31)28-17-8-5-4-7-15(17)13-21(30)29-12-6-9-20(29)22-26-18-11-10-16(25)14-19(18)27-22/h4-5,7-8,10-11,14,20H,6,9,12-13H2,1-3H3,(H,26,27)(H,28,31). The van der Waals surface area contributed by atoms with Gasteiger partial charge in [-0.2, -0.15) is 0 Å². The van der Waals surface area contributed by atoms with E-state index in [4.69, 9.17) is 4.74 Å². The Hall–Kier alpha value is -3.42. The molecule has 0 radical (unpaired) electrons. The van der Waals surface area contributed by atoms with Crippen LogP contribution in [0.15, 0.2) is 42.5 Å². The van der Waals surface area contributed by atoms with E-state index in [0.717, 1.165) is 12.8 Å². The van der Waals surface area contributed by atoms with Crippen LogP contribution in [-0.2, 0) is 16.0 Å². The van der Waals surface area contributed by atoms with Crippen LogP contribution in [0.1, 0.15) is 51.0 Å². The van der Waals surface area contributed by atoms with E-state index < -0.39 is 11.7 Å². The van der Waals surface area contributed by atoms with E-state index in [9.17, 15) is 14.0 Å². The molecule has 2 N–H and O–H groups in total. The molecule has 1 aromatic heterocycles. The van der Waals surface area contributed by atoms with Crippen LogP contribution in [0, 0.1) is 5.82 Å². The van der Waals surface area contributed by atoms with Crippen molar-refractivity contribution in [2.75, 3.05) is 11.9 Å². The summed E-state index contributed by atoms with van der Waals surface area (Å²) >= 11 is 0. The highest BCUT2D eigenvalue weighted by atomic mass is 19.1. The lowest BCUT2D eigenvalue weighted by atomic mass is 10.1. The summed E-state index contributed by atoms with van der Waals surface area (Å²) in [5.41, 5.74) is 1.93. The number of carbonyl (C=O) groups excluding carboxylic acids is 2. The van der Waals surface area contributed by atoms with Gasteiger partial charge in [-0.05, 0) is 63.4 Å². The van der Waals surface area contributed by atoms with E-state index in [2.05, 4.69) is 15.3 Å². The van der Waals surface area contributed by atoms with Gasteiger partial charge >= 0.3 is 6.09 Å². The lowest BCUT2D eigenvalue weighted by Crippen LogP contribution is -2.32. The summed E-state index contributed by atoms with van der Waals surface area (Å²) in [6.45, 7) is 6.00. The zero-order valence-electron chi connectivity index (χ0n) is 18.4. The molecule has 3 aromatic rings. The fraction of sp³-hybridized carbons (Fsp3) is 0.375. The second kappa shape index (κ2) is 8.61. The Labute approximate surface area is 186 Å². The Balaban J connectivity index is 1.50. The molecule has 2 heterocycles. The third-order valence-corrected chi connectivity index (χ3v) is 5.35. The Kier molecular flexibility index (Phi) is 5.86. The Morgan fingerprint density at radius 1 is 1.25 bits per heavy atom. The first-order valence-corrected chi connectivity index (χ1v) is 10.7. The van der Waals surface area contributed by atoms with Gasteiger partial charge in [0.25, 0.3) is 0 Å². The number of aromatic amines is 1. The summed E-state index contributed by atoms with van der Waals surface area (Å²) < 4.78 is 18.9. The average molecular weight is 439 g/mol. The largest absolute Gasteiger partial charge is 0.444 e. The van der Waals surface area contributed by atoms with Crippen molar-refractivity contribution in [3.8, 4) is 0 Å². The number of halogens is 1. The molecule has 32 heavy (non-hydrogen) atoms. The molecule has 1 aliphatic heterocycles. The fourth-order valence-electron chi connectivity index (χ4n) is 3.98. The molecule has 0 saturated carbocycles. The quantitative estimate of drug-likeness (QED) is 0.603. The van der Waals surface area contributed by atoms with Gasteiger partial charge in [-0.1, -0.05) is 18.2 Å². The van der Waals surface area contributed by atoms with Crippen molar-refractivity contribution in [2.45, 2.75) is 51.7 Å². The maximum absolute atomic E-state index is 13.5. The van der Waals surface area contributed by atoms with Crippen molar-refractivity contribution in [1.29, 1.82) is 0 Å². The van der Waals surface area contributed by atoms with Crippen molar-refractivity contribution in [3.63, 3.8) is 0 Å². The van der Waals surface area contributed by atoms with Gasteiger partial charge in [-0.15, -0.1) is 0 Å². The van der Waals surface area contributed by atoms with E-state index in [1.165, 1.54) is 12.1 Å². The van der Waals surface area contributed by atoms with Gasteiger partial charge in [0.15, 0.2) is 0 Å². The number of nitrogens with zero attached hydrogens (tertiary/aromatic N) is 2. The number of hydrogen-bond donors (Lipinski definition) is 2. The minimum Gasteiger partial charge on any atom is -0.444 e. The molecule has 8 heteroatoms. The number of rotatable bonds is 4. The SMILES string of the molecule is CC(C)(C)OC(=O)Nc1ccccc1CC(=O)N1CCCC1c1nc2ccc(F)cc2[nH]1. The van der Waals surface area contributed by atoms with Crippen LogP contribution in [0.4, 0.5) is 14.9 Å². The Bertz CT molecular complexity index is 1150. The van der Waals surface area contributed by atoms with Gasteiger partial charge in [0.05, 0.1) is 23.5 Å². The molecule has 0 bridgehead atoms. The first kappa shape index (κ1) is 21.8. The predicted molar refractivity (Wildman–Crippen MR) is 120 cm³/mol. The molecule has 0 aliphatic carbocycles. The minimum atomic E-state index is -0.618. The molecule has 2 aromatic carbocycles. The van der Waals surface area contributed by atoms with E-state index in [-0.39, 0.29) is 24.2 Å². The predicted octanol–water partition coefficient (Wildman–Crippen LogP) is 4.96. The second-order valence-corrected chi connectivity index (χ2v) is 8.99. The van der Waals surface area contributed by atoms with Gasteiger partial charge in [-0.3, -0.25) is 10.1 Å². The number of aromatic nitrogens is 2. The van der Waals surface area contributed by atoms with Crippen LogP contribution in [0.2, 0.25) is 0 Å². The molecular formula is C24H27FN4O3. The Morgan fingerprint density at radius 3 is 2.81 bits per heavy atom.